The molecule has 110 valence electrons. The van der Waals surface area contributed by atoms with Crippen molar-refractivity contribution in [3.05, 3.63) is 27.7 Å². The Morgan fingerprint density at radius 3 is 2.70 bits per heavy atom. The van der Waals surface area contributed by atoms with Crippen LogP contribution in [0.2, 0.25) is 0 Å². The molecular formula is C17H23BrO2. The van der Waals surface area contributed by atoms with Gasteiger partial charge in [-0.3, -0.25) is 0 Å². The third kappa shape index (κ3) is 3.20. The van der Waals surface area contributed by atoms with Crippen LogP contribution in [0.5, 0.6) is 5.75 Å². The molecule has 1 saturated carbocycles. The highest BCUT2D eigenvalue weighted by Gasteiger charge is 2.24. The summed E-state index contributed by atoms with van der Waals surface area (Å²) in [6, 6.07) is 4.15. The monoisotopic (exact) mass is 338 g/mol. The summed E-state index contributed by atoms with van der Waals surface area (Å²) in [5.41, 5.74) is 2.21. The lowest BCUT2D eigenvalue weighted by atomic mass is 9.90. The molecule has 1 aliphatic carbocycles. The van der Waals surface area contributed by atoms with Gasteiger partial charge in [0.2, 0.25) is 0 Å². The van der Waals surface area contributed by atoms with Gasteiger partial charge in [0.25, 0.3) is 0 Å². The molecule has 1 N–H and O–H groups in total. The van der Waals surface area contributed by atoms with Crippen LogP contribution in [0.15, 0.2) is 16.6 Å². The first-order valence-corrected chi connectivity index (χ1v) is 8.66. The third-order valence-corrected chi connectivity index (χ3v) is 5.13. The van der Waals surface area contributed by atoms with Crippen LogP contribution < -0.4 is 4.74 Å². The number of benzene rings is 1. The summed E-state index contributed by atoms with van der Waals surface area (Å²) in [7, 11) is 0. The first-order chi connectivity index (χ1) is 9.74. The summed E-state index contributed by atoms with van der Waals surface area (Å²) < 4.78 is 6.79. The normalized spacial score (nSPS) is 21.1. The van der Waals surface area contributed by atoms with E-state index in [-0.39, 0.29) is 6.10 Å². The average molecular weight is 339 g/mol. The predicted molar refractivity (Wildman–Crippen MR) is 84.1 cm³/mol. The summed E-state index contributed by atoms with van der Waals surface area (Å²) in [5, 5.41) is 10.7. The molecule has 0 bridgehead atoms. The lowest BCUT2D eigenvalue weighted by Crippen LogP contribution is -2.08. The maximum Gasteiger partial charge on any atom is 0.128 e. The molecule has 1 aromatic rings. The van der Waals surface area contributed by atoms with Gasteiger partial charge in [-0.15, -0.1) is 0 Å². The van der Waals surface area contributed by atoms with Gasteiger partial charge in [-0.25, -0.2) is 0 Å². The molecule has 0 spiro atoms. The van der Waals surface area contributed by atoms with E-state index in [1.165, 1.54) is 44.1 Å². The molecule has 1 unspecified atom stereocenters. The second-order valence-corrected chi connectivity index (χ2v) is 7.11. The van der Waals surface area contributed by atoms with Gasteiger partial charge in [0.1, 0.15) is 5.75 Å². The van der Waals surface area contributed by atoms with Crippen molar-refractivity contribution in [2.24, 2.45) is 5.92 Å². The fourth-order valence-corrected chi connectivity index (χ4v) is 4.11. The van der Waals surface area contributed by atoms with Gasteiger partial charge in [-0.1, -0.05) is 54.5 Å². The molecule has 1 fully saturated rings. The Balaban J connectivity index is 1.75. The minimum Gasteiger partial charge on any atom is -0.493 e. The minimum absolute atomic E-state index is 0.387. The Morgan fingerprint density at radius 2 is 1.95 bits per heavy atom. The van der Waals surface area contributed by atoms with Gasteiger partial charge in [-0.2, -0.15) is 0 Å². The Bertz CT molecular complexity index is 464. The van der Waals surface area contributed by atoms with Gasteiger partial charge < -0.3 is 9.84 Å². The Kier molecular flexibility index (Phi) is 4.67. The van der Waals surface area contributed by atoms with Crippen molar-refractivity contribution in [1.82, 2.24) is 0 Å². The quantitative estimate of drug-likeness (QED) is 0.803. The molecule has 1 aromatic carbocycles. The van der Waals surface area contributed by atoms with Crippen LogP contribution in [-0.2, 0) is 6.42 Å². The fraction of sp³-hybridized carbons (Fsp3) is 0.647. The molecule has 1 atom stereocenters. The molecule has 1 aliphatic heterocycles. The van der Waals surface area contributed by atoms with Crippen LogP contribution in [0, 0.1) is 5.92 Å². The van der Waals surface area contributed by atoms with E-state index in [0.717, 1.165) is 35.2 Å². The molecule has 2 nitrogen and oxygen atoms in total. The van der Waals surface area contributed by atoms with Crippen molar-refractivity contribution in [3.63, 3.8) is 0 Å². The molecule has 20 heavy (non-hydrogen) atoms. The fourth-order valence-electron chi connectivity index (χ4n) is 3.59. The third-order valence-electron chi connectivity index (χ3n) is 4.67. The molecule has 2 aliphatic rings. The van der Waals surface area contributed by atoms with Gasteiger partial charge in [0, 0.05) is 16.5 Å². The van der Waals surface area contributed by atoms with E-state index in [1.54, 1.807) is 0 Å². The van der Waals surface area contributed by atoms with Crippen LogP contribution in [0.25, 0.3) is 0 Å². The predicted octanol–water partition coefficient (Wildman–Crippen LogP) is 4.78. The summed E-state index contributed by atoms with van der Waals surface area (Å²) in [6.45, 7) is 0.745. The van der Waals surface area contributed by atoms with Crippen molar-refractivity contribution in [2.45, 2.75) is 57.5 Å². The lowest BCUT2D eigenvalue weighted by molar-refractivity contribution is 0.135. The number of ether oxygens (including phenoxy) is 1. The number of hydrogen-bond acceptors (Lipinski definition) is 2. The van der Waals surface area contributed by atoms with E-state index in [1.807, 2.05) is 6.07 Å². The Hall–Kier alpha value is -0.540. The van der Waals surface area contributed by atoms with Gasteiger partial charge >= 0.3 is 0 Å². The highest BCUT2D eigenvalue weighted by molar-refractivity contribution is 9.10. The largest absolute Gasteiger partial charge is 0.493 e. The first kappa shape index (κ1) is 14.4. The molecule has 0 aromatic heterocycles. The first-order valence-electron chi connectivity index (χ1n) is 7.87. The maximum absolute atomic E-state index is 10.7. The van der Waals surface area contributed by atoms with Crippen LogP contribution in [0.1, 0.15) is 62.2 Å². The zero-order valence-corrected chi connectivity index (χ0v) is 13.5. The molecule has 0 amide bonds. The van der Waals surface area contributed by atoms with E-state index in [4.69, 9.17) is 4.74 Å². The number of hydrogen-bond donors (Lipinski definition) is 1. The van der Waals surface area contributed by atoms with E-state index in [0.29, 0.717) is 5.92 Å². The van der Waals surface area contributed by atoms with Gasteiger partial charge in [-0.05, 0) is 30.0 Å². The van der Waals surface area contributed by atoms with Gasteiger partial charge in [0.15, 0.2) is 0 Å². The zero-order chi connectivity index (χ0) is 13.9. The smallest absolute Gasteiger partial charge is 0.128 e. The minimum atomic E-state index is -0.387. The van der Waals surface area contributed by atoms with Crippen molar-refractivity contribution < 1.29 is 9.84 Å². The summed E-state index contributed by atoms with van der Waals surface area (Å²) in [4.78, 5) is 0. The second kappa shape index (κ2) is 6.48. The number of halogens is 1. The molecular weight excluding hydrogens is 316 g/mol. The SMILES string of the molecule is OC(CC1CCCCCC1)c1cc(Br)cc2c1OCC2. The molecule has 3 heteroatoms. The number of rotatable bonds is 3. The molecule has 1 heterocycles. The topological polar surface area (TPSA) is 29.5 Å². The summed E-state index contributed by atoms with van der Waals surface area (Å²) in [6.07, 6.45) is 9.37. The van der Waals surface area contributed by atoms with E-state index >= 15 is 0 Å². The molecule has 0 saturated heterocycles. The summed E-state index contributed by atoms with van der Waals surface area (Å²) in [5.74, 6) is 1.61. The highest BCUT2D eigenvalue weighted by atomic mass is 79.9. The van der Waals surface area contributed by atoms with Crippen molar-refractivity contribution in [3.8, 4) is 5.75 Å². The van der Waals surface area contributed by atoms with E-state index < -0.39 is 0 Å². The second-order valence-electron chi connectivity index (χ2n) is 6.19. The van der Waals surface area contributed by atoms with E-state index in [2.05, 4.69) is 22.0 Å². The average Bonchev–Trinajstić information content (AvgIpc) is 2.74. The Labute approximate surface area is 129 Å². The van der Waals surface area contributed by atoms with Crippen molar-refractivity contribution in [2.75, 3.05) is 6.61 Å². The van der Waals surface area contributed by atoms with E-state index in [9.17, 15) is 5.11 Å². The number of aliphatic hydroxyl groups excluding tert-OH is 1. The number of aliphatic hydroxyl groups is 1. The standard InChI is InChI=1S/C17H23BrO2/c18-14-10-13-7-8-20-17(13)15(11-14)16(19)9-12-5-3-1-2-4-6-12/h10-12,16,19H,1-9H2. The lowest BCUT2D eigenvalue weighted by Gasteiger charge is -2.20. The maximum atomic E-state index is 10.7. The van der Waals surface area contributed by atoms with Crippen LogP contribution >= 0.6 is 15.9 Å². The van der Waals surface area contributed by atoms with Crippen molar-refractivity contribution in [1.29, 1.82) is 0 Å². The molecule has 0 radical (unpaired) electrons. The van der Waals surface area contributed by atoms with Crippen LogP contribution in [0.3, 0.4) is 0 Å². The molecule has 3 rings (SSSR count). The van der Waals surface area contributed by atoms with Gasteiger partial charge in [0.05, 0.1) is 12.7 Å². The van der Waals surface area contributed by atoms with Crippen LogP contribution in [-0.4, -0.2) is 11.7 Å². The zero-order valence-electron chi connectivity index (χ0n) is 11.9. The summed E-state index contributed by atoms with van der Waals surface area (Å²) >= 11 is 3.56. The number of fused-ring (bicyclic) bond motifs is 1. The highest BCUT2D eigenvalue weighted by Crippen LogP contribution is 2.39. The van der Waals surface area contributed by atoms with Crippen LogP contribution in [0.4, 0.5) is 0 Å². The van der Waals surface area contributed by atoms with Crippen molar-refractivity contribution >= 4 is 15.9 Å². The Morgan fingerprint density at radius 1 is 1.20 bits per heavy atom.